The van der Waals surface area contributed by atoms with Crippen LogP contribution in [0, 0.1) is 0 Å². The number of anilines is 1. The zero-order valence-corrected chi connectivity index (χ0v) is 24.1. The maximum absolute atomic E-state index is 13.9. The molecule has 0 aliphatic rings. The van der Waals surface area contributed by atoms with E-state index in [0.717, 1.165) is 16.7 Å². The van der Waals surface area contributed by atoms with Crippen LogP contribution in [-0.2, 0) is 19.9 Å². The number of hydrogen-bond donors (Lipinski definition) is 1. The summed E-state index contributed by atoms with van der Waals surface area (Å²) >= 11 is 0. The number of sulfone groups is 1. The van der Waals surface area contributed by atoms with E-state index in [1.807, 2.05) is 53.7 Å². The third-order valence-corrected chi connectivity index (χ3v) is 10.4. The van der Waals surface area contributed by atoms with Gasteiger partial charge < -0.3 is 4.74 Å². The second kappa shape index (κ2) is 11.3. The topological polar surface area (TPSA) is 89.5 Å². The Labute approximate surface area is 212 Å². The van der Waals surface area contributed by atoms with E-state index in [4.69, 9.17) is 4.74 Å². The minimum Gasteiger partial charge on any atom is -0.495 e. The van der Waals surface area contributed by atoms with Crippen molar-refractivity contribution >= 4 is 25.5 Å². The molecule has 0 atom stereocenters. The van der Waals surface area contributed by atoms with Gasteiger partial charge in [0.1, 0.15) is 5.75 Å². The number of hydrogen-bond acceptors (Lipinski definition) is 5. The first-order chi connectivity index (χ1) is 16.2. The normalized spacial score (nSPS) is 12.7. The van der Waals surface area contributed by atoms with Gasteiger partial charge in [0.2, 0.25) is 0 Å². The molecule has 196 valence electrons. The first-order valence-electron chi connectivity index (χ1n) is 12.3. The van der Waals surface area contributed by atoms with E-state index in [1.54, 1.807) is 0 Å². The van der Waals surface area contributed by atoms with Crippen LogP contribution in [-0.4, -0.2) is 29.2 Å². The fraction of sp³-hybridized carbons (Fsp3) is 0.556. The van der Waals surface area contributed by atoms with E-state index in [2.05, 4.69) is 18.6 Å². The zero-order valence-electron chi connectivity index (χ0n) is 22.5. The molecule has 0 bridgehead atoms. The summed E-state index contributed by atoms with van der Waals surface area (Å²) in [5.41, 5.74) is 2.68. The number of methoxy groups -OCH3 is 1. The molecule has 1 N–H and O–H groups in total. The van der Waals surface area contributed by atoms with Crippen LogP contribution in [0.2, 0.25) is 0 Å². The third kappa shape index (κ3) is 6.20. The molecule has 8 heteroatoms. The van der Waals surface area contributed by atoms with Gasteiger partial charge in [0.25, 0.3) is 10.0 Å². The molecule has 0 amide bonds. The standard InChI is InChI=1S/C27H41NO5S2/c1-10-21(11-2)34(29,30)22-12-13-26(33-9)25(16-22)28-35(31,32)27-23(18(5)6)14-20(17(3)4)15-24(27)19(7)8/h12-19,21,28H,10-11H2,1-9H3. The van der Waals surface area contributed by atoms with Gasteiger partial charge in [0.15, 0.2) is 9.84 Å². The van der Waals surface area contributed by atoms with Gasteiger partial charge in [-0.25, -0.2) is 16.8 Å². The SMILES string of the molecule is CCC(CC)S(=O)(=O)c1ccc(OC)c(NS(=O)(=O)c2c(C(C)C)cc(C(C)C)cc2C(C)C)c1. The number of ether oxygens (including phenoxy) is 1. The molecular weight excluding hydrogens is 482 g/mol. The molecule has 2 aromatic carbocycles. The molecule has 2 rings (SSSR count). The van der Waals surface area contributed by atoms with Gasteiger partial charge in [-0.2, -0.15) is 0 Å². The van der Waals surface area contributed by atoms with Crippen molar-refractivity contribution in [3.05, 3.63) is 47.0 Å². The molecule has 2 aromatic rings. The van der Waals surface area contributed by atoms with Gasteiger partial charge in [-0.05, 0) is 65.5 Å². The molecule has 0 aromatic heterocycles. The highest BCUT2D eigenvalue weighted by Gasteiger charge is 2.30. The predicted molar refractivity (Wildman–Crippen MR) is 144 cm³/mol. The Morgan fingerprint density at radius 1 is 0.800 bits per heavy atom. The van der Waals surface area contributed by atoms with Crippen LogP contribution < -0.4 is 9.46 Å². The van der Waals surface area contributed by atoms with Gasteiger partial charge in [0, 0.05) is 0 Å². The van der Waals surface area contributed by atoms with Crippen molar-refractivity contribution in [1.82, 2.24) is 0 Å². The van der Waals surface area contributed by atoms with Crippen LogP contribution in [0.25, 0.3) is 0 Å². The number of sulfonamides is 1. The van der Waals surface area contributed by atoms with Crippen molar-refractivity contribution in [2.45, 2.75) is 101 Å². The molecule has 0 heterocycles. The largest absolute Gasteiger partial charge is 0.495 e. The van der Waals surface area contributed by atoms with E-state index in [-0.39, 0.29) is 39.0 Å². The zero-order chi connectivity index (χ0) is 26.7. The highest BCUT2D eigenvalue weighted by molar-refractivity contribution is 7.93. The Morgan fingerprint density at radius 3 is 1.71 bits per heavy atom. The summed E-state index contributed by atoms with van der Waals surface area (Å²) in [7, 11) is -6.25. The van der Waals surface area contributed by atoms with E-state index in [0.29, 0.717) is 12.8 Å². The quantitative estimate of drug-likeness (QED) is 0.349. The van der Waals surface area contributed by atoms with E-state index in [9.17, 15) is 16.8 Å². The highest BCUT2D eigenvalue weighted by Crippen LogP contribution is 2.38. The van der Waals surface area contributed by atoms with Crippen molar-refractivity contribution in [1.29, 1.82) is 0 Å². The Kier molecular flexibility index (Phi) is 9.45. The smallest absolute Gasteiger partial charge is 0.262 e. The fourth-order valence-corrected chi connectivity index (χ4v) is 7.82. The Balaban J connectivity index is 2.75. The van der Waals surface area contributed by atoms with Gasteiger partial charge in [0.05, 0.1) is 27.8 Å². The van der Waals surface area contributed by atoms with Crippen LogP contribution >= 0.6 is 0 Å². The summed E-state index contributed by atoms with van der Waals surface area (Å²) in [6, 6.07) is 8.29. The molecule has 0 saturated heterocycles. The molecule has 0 spiro atoms. The summed E-state index contributed by atoms with van der Waals surface area (Å²) in [6.07, 6.45) is 0.952. The summed E-state index contributed by atoms with van der Waals surface area (Å²) in [5, 5.41) is -0.538. The fourth-order valence-electron chi connectivity index (χ4n) is 4.26. The van der Waals surface area contributed by atoms with Gasteiger partial charge in [-0.1, -0.05) is 67.5 Å². The third-order valence-electron chi connectivity index (χ3n) is 6.44. The molecule has 0 aliphatic heterocycles. The van der Waals surface area contributed by atoms with Crippen molar-refractivity contribution in [2.75, 3.05) is 11.8 Å². The molecule has 35 heavy (non-hydrogen) atoms. The highest BCUT2D eigenvalue weighted by atomic mass is 32.2. The molecule has 0 unspecified atom stereocenters. The summed E-state index contributed by atoms with van der Waals surface area (Å²) in [5.74, 6) is 0.456. The molecule has 6 nitrogen and oxygen atoms in total. The lowest BCUT2D eigenvalue weighted by Crippen LogP contribution is -2.21. The van der Waals surface area contributed by atoms with Gasteiger partial charge in [-0.15, -0.1) is 0 Å². The van der Waals surface area contributed by atoms with Crippen molar-refractivity contribution < 1.29 is 21.6 Å². The number of rotatable bonds is 11. The summed E-state index contributed by atoms with van der Waals surface area (Å²) in [4.78, 5) is 0.329. The van der Waals surface area contributed by atoms with Gasteiger partial charge >= 0.3 is 0 Å². The number of benzene rings is 2. The maximum Gasteiger partial charge on any atom is 0.262 e. The first kappa shape index (κ1) is 29.2. The molecule has 0 radical (unpaired) electrons. The van der Waals surface area contributed by atoms with Crippen LogP contribution in [0.4, 0.5) is 5.69 Å². The lowest BCUT2D eigenvalue weighted by atomic mass is 9.89. The average Bonchev–Trinajstić information content (AvgIpc) is 2.78. The molecular formula is C27H41NO5S2. The minimum absolute atomic E-state index is 0.0266. The van der Waals surface area contributed by atoms with E-state index < -0.39 is 25.1 Å². The van der Waals surface area contributed by atoms with Crippen LogP contribution in [0.15, 0.2) is 40.1 Å². The summed E-state index contributed by atoms with van der Waals surface area (Å²) < 4.78 is 62.1. The van der Waals surface area contributed by atoms with Gasteiger partial charge in [-0.3, -0.25) is 4.72 Å². The summed E-state index contributed by atoms with van der Waals surface area (Å²) in [6.45, 7) is 15.8. The molecule has 0 aliphatic carbocycles. The maximum atomic E-state index is 13.9. The second-order valence-electron chi connectivity index (χ2n) is 9.94. The second-order valence-corrected chi connectivity index (χ2v) is 13.8. The van der Waals surface area contributed by atoms with Crippen LogP contribution in [0.1, 0.15) is 103 Å². The average molecular weight is 524 g/mol. The van der Waals surface area contributed by atoms with Crippen LogP contribution in [0.5, 0.6) is 5.75 Å². The first-order valence-corrected chi connectivity index (χ1v) is 15.4. The lowest BCUT2D eigenvalue weighted by Gasteiger charge is -2.24. The van der Waals surface area contributed by atoms with Crippen LogP contribution in [0.3, 0.4) is 0 Å². The predicted octanol–water partition coefficient (Wildman–Crippen LogP) is 6.83. The van der Waals surface area contributed by atoms with Crippen molar-refractivity contribution in [3.63, 3.8) is 0 Å². The number of nitrogens with one attached hydrogen (secondary N) is 1. The molecule has 0 saturated carbocycles. The monoisotopic (exact) mass is 523 g/mol. The van der Waals surface area contributed by atoms with E-state index >= 15 is 0 Å². The van der Waals surface area contributed by atoms with E-state index in [1.165, 1.54) is 25.3 Å². The molecule has 0 fully saturated rings. The Morgan fingerprint density at radius 2 is 1.31 bits per heavy atom. The Hall–Kier alpha value is -2.06. The van der Waals surface area contributed by atoms with Crippen molar-refractivity contribution in [3.8, 4) is 5.75 Å². The van der Waals surface area contributed by atoms with Crippen molar-refractivity contribution in [2.24, 2.45) is 0 Å². The minimum atomic E-state index is -4.06. The lowest BCUT2D eigenvalue weighted by molar-refractivity contribution is 0.416. The Bertz CT molecular complexity index is 1210.